The molecule has 0 aromatic heterocycles. The highest BCUT2D eigenvalue weighted by molar-refractivity contribution is 5.80. The number of unbranched alkanes of at least 4 members (excludes halogenated alkanes) is 35. The van der Waals surface area contributed by atoms with Crippen LogP contribution >= 0.6 is 0 Å². The van der Waals surface area contributed by atoms with Gasteiger partial charge in [0.1, 0.15) is 12.2 Å². The third-order valence-electron chi connectivity index (χ3n) is 13.7. The predicted molar refractivity (Wildman–Crippen MR) is 297 cm³/mol. The van der Waals surface area contributed by atoms with Crippen molar-refractivity contribution in [1.82, 2.24) is 5.32 Å². The second kappa shape index (κ2) is 55.9. The molecule has 0 bridgehead atoms. The van der Waals surface area contributed by atoms with Crippen LogP contribution in [0.15, 0.2) is 60.8 Å². The monoisotopic (exact) mass is 954 g/mol. The molecule has 0 spiro atoms. The van der Waals surface area contributed by atoms with Gasteiger partial charge in [0, 0.05) is 0 Å². The van der Waals surface area contributed by atoms with E-state index in [9.17, 15) is 25.2 Å². The zero-order chi connectivity index (χ0) is 49.5. The Morgan fingerprint density at radius 1 is 0.368 bits per heavy atom. The molecule has 4 unspecified atom stereocenters. The smallest absolute Gasteiger partial charge is 0.249 e. The molecule has 1 amide bonds. The maximum Gasteiger partial charge on any atom is 0.249 e. The summed E-state index contributed by atoms with van der Waals surface area (Å²) < 4.78 is 0. The number of nitrogens with one attached hydrogen (secondary N) is 1. The summed E-state index contributed by atoms with van der Waals surface area (Å²) in [6, 6.07) is -1.02. The van der Waals surface area contributed by atoms with Crippen LogP contribution < -0.4 is 5.32 Å². The fraction of sp³-hybridized carbons (Fsp3) is 0.823. The van der Waals surface area contributed by atoms with Crippen LogP contribution in [0.25, 0.3) is 0 Å². The van der Waals surface area contributed by atoms with Crippen LogP contribution in [0, 0.1) is 0 Å². The average molecular weight is 955 g/mol. The van der Waals surface area contributed by atoms with Crippen molar-refractivity contribution in [3.05, 3.63) is 60.8 Å². The molecule has 0 radical (unpaired) electrons. The van der Waals surface area contributed by atoms with Crippen molar-refractivity contribution in [2.45, 2.75) is 321 Å². The van der Waals surface area contributed by atoms with E-state index in [1.807, 2.05) is 0 Å². The number of carbonyl (C=O) groups excluding carboxylic acids is 1. The van der Waals surface area contributed by atoms with E-state index in [4.69, 9.17) is 0 Å². The summed E-state index contributed by atoms with van der Waals surface area (Å²) in [5.74, 6) is -0.603. The van der Waals surface area contributed by atoms with E-state index in [1.165, 1.54) is 199 Å². The molecule has 6 nitrogen and oxygen atoms in total. The second-order valence-electron chi connectivity index (χ2n) is 20.3. The van der Waals surface area contributed by atoms with E-state index < -0.39 is 36.9 Å². The SMILES string of the molecule is CCCCCCCCCCC/C=C\C/C=C\CCCCCCCCCCC(O)C(=O)NC(CO)C(O)C(O)CCC/C=C/CC/C=C/CC/C=C/CCCCCCCCCCCCCCCCC. The molecule has 0 saturated carbocycles. The van der Waals surface area contributed by atoms with Crippen molar-refractivity contribution in [1.29, 1.82) is 0 Å². The maximum atomic E-state index is 12.6. The molecular formula is C62H115NO5. The number of allylic oxidation sites excluding steroid dienone is 10. The summed E-state index contributed by atoms with van der Waals surface area (Å²) in [5, 5.41) is 44.0. The molecule has 4 atom stereocenters. The quantitative estimate of drug-likeness (QED) is 0.0308. The standard InChI is InChI=1S/C62H115NO5/c1-3-5-7-9-11-13-15-17-19-21-23-25-27-29-30-31-32-34-35-37-39-41-43-45-47-49-51-53-55-59(65)61(67)58(57-64)63-62(68)60(66)56-54-52-50-48-46-44-42-40-38-36-33-28-26-24-22-20-18-16-14-12-10-8-6-4-2/h24,26,32-34,36,39,41,47,49,58-61,64-67H,3-23,25,27-31,35,37-38,40,42-46,48,50-57H2,1-2H3,(H,63,68)/b26-24-,34-32+,36-33-,41-39+,49-47+. The minimum atomic E-state index is -1.30. The topological polar surface area (TPSA) is 110 Å². The summed E-state index contributed by atoms with van der Waals surface area (Å²) >= 11 is 0. The second-order valence-corrected chi connectivity index (χ2v) is 20.3. The van der Waals surface area contributed by atoms with Gasteiger partial charge in [0.05, 0.1) is 18.8 Å². The lowest BCUT2D eigenvalue weighted by atomic mass is 10.00. The number of carbonyl (C=O) groups is 1. The van der Waals surface area contributed by atoms with Gasteiger partial charge in [-0.2, -0.15) is 0 Å². The zero-order valence-electron chi connectivity index (χ0n) is 45.1. The number of aliphatic hydroxyl groups excluding tert-OH is 4. The summed E-state index contributed by atoms with van der Waals surface area (Å²) in [5.41, 5.74) is 0. The fourth-order valence-electron chi connectivity index (χ4n) is 9.00. The van der Waals surface area contributed by atoms with Crippen molar-refractivity contribution in [2.24, 2.45) is 0 Å². The van der Waals surface area contributed by atoms with Crippen LogP contribution in [-0.2, 0) is 4.79 Å². The lowest BCUT2D eigenvalue weighted by Crippen LogP contribution is -2.53. The Balaban J connectivity index is 3.72. The Kier molecular flexibility index (Phi) is 54.3. The molecule has 0 saturated heterocycles. The van der Waals surface area contributed by atoms with Crippen molar-refractivity contribution in [3.8, 4) is 0 Å². The van der Waals surface area contributed by atoms with Crippen molar-refractivity contribution < 1.29 is 25.2 Å². The lowest BCUT2D eigenvalue weighted by Gasteiger charge is -2.27. The molecule has 0 aromatic rings. The maximum absolute atomic E-state index is 12.6. The number of hydrogen-bond donors (Lipinski definition) is 5. The van der Waals surface area contributed by atoms with Gasteiger partial charge in [0.15, 0.2) is 0 Å². The third kappa shape index (κ3) is 49.0. The van der Waals surface area contributed by atoms with Crippen LogP contribution in [0.1, 0.15) is 296 Å². The van der Waals surface area contributed by atoms with Crippen LogP contribution in [0.5, 0.6) is 0 Å². The molecule has 0 rings (SSSR count). The van der Waals surface area contributed by atoms with Gasteiger partial charge in [-0.15, -0.1) is 0 Å². The highest BCUT2D eigenvalue weighted by atomic mass is 16.3. The molecule has 0 aliphatic rings. The molecule has 5 N–H and O–H groups in total. The zero-order valence-corrected chi connectivity index (χ0v) is 45.1. The highest BCUT2D eigenvalue weighted by Gasteiger charge is 2.28. The van der Waals surface area contributed by atoms with Crippen LogP contribution in [0.2, 0.25) is 0 Å². The Bertz CT molecular complexity index is 1160. The van der Waals surface area contributed by atoms with Gasteiger partial charge in [0.2, 0.25) is 5.91 Å². The fourth-order valence-corrected chi connectivity index (χ4v) is 9.00. The van der Waals surface area contributed by atoms with E-state index in [1.54, 1.807) is 0 Å². The van der Waals surface area contributed by atoms with Crippen LogP contribution in [-0.4, -0.2) is 57.3 Å². The van der Waals surface area contributed by atoms with Gasteiger partial charge in [-0.3, -0.25) is 4.79 Å². The summed E-state index contributed by atoms with van der Waals surface area (Å²) in [6.45, 7) is 4.06. The number of hydrogen-bond acceptors (Lipinski definition) is 5. The first-order valence-electron chi connectivity index (χ1n) is 29.7. The molecule has 0 aromatic carbocycles. The van der Waals surface area contributed by atoms with Crippen LogP contribution in [0.3, 0.4) is 0 Å². The minimum absolute atomic E-state index is 0.350. The molecule has 68 heavy (non-hydrogen) atoms. The number of rotatable bonds is 54. The minimum Gasteiger partial charge on any atom is -0.394 e. The Morgan fingerprint density at radius 2 is 0.662 bits per heavy atom. The Morgan fingerprint density at radius 3 is 1.01 bits per heavy atom. The Hall–Kier alpha value is -1.99. The summed E-state index contributed by atoms with van der Waals surface area (Å²) in [7, 11) is 0. The van der Waals surface area contributed by atoms with Gasteiger partial charge in [0.25, 0.3) is 0 Å². The van der Waals surface area contributed by atoms with Gasteiger partial charge >= 0.3 is 0 Å². The summed E-state index contributed by atoms with van der Waals surface area (Å²) in [4.78, 5) is 12.6. The van der Waals surface area contributed by atoms with Gasteiger partial charge in [-0.05, 0) is 96.3 Å². The first-order chi connectivity index (χ1) is 33.5. The van der Waals surface area contributed by atoms with Gasteiger partial charge < -0.3 is 25.7 Å². The average Bonchev–Trinajstić information content (AvgIpc) is 3.34. The van der Waals surface area contributed by atoms with Crippen molar-refractivity contribution in [2.75, 3.05) is 6.61 Å². The molecule has 0 aliphatic heterocycles. The molecular weight excluding hydrogens is 839 g/mol. The number of aliphatic hydroxyl groups is 4. The van der Waals surface area contributed by atoms with Crippen LogP contribution in [0.4, 0.5) is 0 Å². The van der Waals surface area contributed by atoms with E-state index in [0.717, 1.165) is 64.2 Å². The molecule has 398 valence electrons. The normalized spacial score (nSPS) is 14.1. The Labute approximate surface area is 422 Å². The number of amides is 1. The first kappa shape index (κ1) is 66.0. The van der Waals surface area contributed by atoms with Gasteiger partial charge in [-0.25, -0.2) is 0 Å². The largest absolute Gasteiger partial charge is 0.394 e. The van der Waals surface area contributed by atoms with Crippen molar-refractivity contribution >= 4 is 5.91 Å². The molecule has 0 fully saturated rings. The van der Waals surface area contributed by atoms with E-state index in [-0.39, 0.29) is 0 Å². The molecule has 6 heteroatoms. The summed E-state index contributed by atoms with van der Waals surface area (Å²) in [6.07, 6.45) is 73.0. The van der Waals surface area contributed by atoms with E-state index in [0.29, 0.717) is 19.3 Å². The highest BCUT2D eigenvalue weighted by Crippen LogP contribution is 2.16. The predicted octanol–water partition coefficient (Wildman–Crippen LogP) is 17.5. The van der Waals surface area contributed by atoms with Crippen molar-refractivity contribution in [3.63, 3.8) is 0 Å². The van der Waals surface area contributed by atoms with Gasteiger partial charge in [-0.1, -0.05) is 261 Å². The lowest BCUT2D eigenvalue weighted by molar-refractivity contribution is -0.132. The van der Waals surface area contributed by atoms with E-state index >= 15 is 0 Å². The first-order valence-corrected chi connectivity index (χ1v) is 29.7. The molecule has 0 heterocycles. The molecule has 0 aliphatic carbocycles. The van der Waals surface area contributed by atoms with E-state index in [2.05, 4.69) is 79.9 Å². The third-order valence-corrected chi connectivity index (χ3v) is 13.7.